The Hall–Kier alpha value is -3.04. The molecule has 1 heterocycles. The molecule has 31 heavy (non-hydrogen) atoms. The van der Waals surface area contributed by atoms with Gasteiger partial charge in [0.2, 0.25) is 0 Å². The van der Waals surface area contributed by atoms with E-state index >= 15 is 0 Å². The number of aliphatic carboxylic acids is 1. The van der Waals surface area contributed by atoms with Crippen LogP contribution in [0.2, 0.25) is 0 Å². The van der Waals surface area contributed by atoms with Crippen molar-refractivity contribution in [2.24, 2.45) is 0 Å². The van der Waals surface area contributed by atoms with Gasteiger partial charge < -0.3 is 19.3 Å². The van der Waals surface area contributed by atoms with E-state index in [0.29, 0.717) is 44.1 Å². The van der Waals surface area contributed by atoms with Gasteiger partial charge >= 0.3 is 5.97 Å². The molecule has 1 saturated heterocycles. The first-order valence-corrected chi connectivity index (χ1v) is 10.6. The Balaban J connectivity index is 1.87. The molecule has 0 radical (unpaired) electrons. The number of carbonyl (C=O) groups is 2. The number of hydrogen-bond acceptors (Lipinski definition) is 7. The number of hydrogen-bond donors (Lipinski definition) is 1. The highest BCUT2D eigenvalue weighted by molar-refractivity contribution is 8.27. The maximum absolute atomic E-state index is 13.0. The lowest BCUT2D eigenvalue weighted by Gasteiger charge is -2.16. The minimum absolute atomic E-state index is 0.237. The number of anilines is 1. The molecule has 1 unspecified atom stereocenters. The molecule has 1 aliphatic heterocycles. The van der Waals surface area contributed by atoms with Crippen molar-refractivity contribution in [3.8, 4) is 17.2 Å². The highest BCUT2D eigenvalue weighted by Gasteiger charge is 2.33. The van der Waals surface area contributed by atoms with Crippen LogP contribution in [0, 0.1) is 0 Å². The Morgan fingerprint density at radius 3 is 2.61 bits per heavy atom. The van der Waals surface area contributed by atoms with Crippen LogP contribution in [-0.4, -0.2) is 41.6 Å². The van der Waals surface area contributed by atoms with E-state index in [1.807, 2.05) is 0 Å². The van der Waals surface area contributed by atoms with Crippen molar-refractivity contribution in [2.45, 2.75) is 19.4 Å². The van der Waals surface area contributed by atoms with Gasteiger partial charge in [0.25, 0.3) is 5.91 Å². The Kier molecular flexibility index (Phi) is 7.19. The van der Waals surface area contributed by atoms with Gasteiger partial charge in [-0.1, -0.05) is 43.0 Å². The second kappa shape index (κ2) is 9.84. The SMILES string of the molecule is CCC(Oc1ccc(/C=C2/SC(=S)N(c3cccc(OC)c3)C2=O)cc1OC)C(=O)O. The molecule has 0 spiro atoms. The van der Waals surface area contributed by atoms with Crippen LogP contribution in [-0.2, 0) is 9.59 Å². The van der Waals surface area contributed by atoms with E-state index in [2.05, 4.69) is 0 Å². The number of carboxylic acid groups (broad SMARTS) is 1. The van der Waals surface area contributed by atoms with Crippen molar-refractivity contribution in [3.63, 3.8) is 0 Å². The summed E-state index contributed by atoms with van der Waals surface area (Å²) in [4.78, 5) is 26.2. The number of ether oxygens (including phenoxy) is 3. The third kappa shape index (κ3) is 5.00. The van der Waals surface area contributed by atoms with Crippen molar-refractivity contribution in [3.05, 3.63) is 52.9 Å². The van der Waals surface area contributed by atoms with Gasteiger partial charge in [-0.25, -0.2) is 4.79 Å². The zero-order valence-electron chi connectivity index (χ0n) is 17.2. The first-order chi connectivity index (χ1) is 14.9. The fourth-order valence-electron chi connectivity index (χ4n) is 2.92. The summed E-state index contributed by atoms with van der Waals surface area (Å²) in [6.07, 6.45) is 1.05. The lowest BCUT2D eigenvalue weighted by molar-refractivity contribution is -0.145. The molecule has 1 N–H and O–H groups in total. The average Bonchev–Trinajstić information content (AvgIpc) is 3.05. The van der Waals surface area contributed by atoms with Gasteiger partial charge in [0.15, 0.2) is 21.9 Å². The van der Waals surface area contributed by atoms with E-state index in [4.69, 9.17) is 26.4 Å². The maximum atomic E-state index is 13.0. The molecule has 2 aromatic rings. The number of amides is 1. The van der Waals surface area contributed by atoms with Gasteiger partial charge in [0.1, 0.15) is 5.75 Å². The second-order valence-corrected chi connectivity index (χ2v) is 8.16. The topological polar surface area (TPSA) is 85.3 Å². The Bertz CT molecular complexity index is 1050. The number of benzene rings is 2. The lowest BCUT2D eigenvalue weighted by Crippen LogP contribution is -2.27. The molecule has 9 heteroatoms. The molecule has 0 aromatic heterocycles. The van der Waals surface area contributed by atoms with E-state index in [1.165, 1.54) is 23.8 Å². The van der Waals surface area contributed by atoms with Gasteiger partial charge in [-0.3, -0.25) is 9.69 Å². The summed E-state index contributed by atoms with van der Waals surface area (Å²) in [7, 11) is 3.03. The van der Waals surface area contributed by atoms with Crippen LogP contribution >= 0.6 is 24.0 Å². The van der Waals surface area contributed by atoms with Gasteiger partial charge in [0, 0.05) is 6.07 Å². The van der Waals surface area contributed by atoms with Crippen molar-refractivity contribution >= 4 is 51.9 Å². The normalized spacial score (nSPS) is 15.8. The van der Waals surface area contributed by atoms with Gasteiger partial charge in [-0.2, -0.15) is 0 Å². The largest absolute Gasteiger partial charge is 0.497 e. The minimum atomic E-state index is -1.05. The number of carbonyl (C=O) groups excluding carboxylic acids is 1. The molecule has 3 rings (SSSR count). The summed E-state index contributed by atoms with van der Waals surface area (Å²) >= 11 is 6.61. The standard InChI is InChI=1S/C22H21NO6S2/c1-4-16(21(25)26)29-17-9-8-13(10-18(17)28-3)11-19-20(24)23(22(30)31-19)14-6-5-7-15(12-14)27-2/h5-12,16H,4H2,1-3H3,(H,25,26)/b19-11+. The third-order valence-electron chi connectivity index (χ3n) is 4.51. The first-order valence-electron chi connectivity index (χ1n) is 9.37. The fourth-order valence-corrected chi connectivity index (χ4v) is 4.22. The van der Waals surface area contributed by atoms with Gasteiger partial charge in [-0.05, 0) is 42.3 Å². The zero-order valence-corrected chi connectivity index (χ0v) is 18.8. The molecule has 0 aliphatic carbocycles. The zero-order chi connectivity index (χ0) is 22.5. The van der Waals surface area contributed by atoms with Crippen LogP contribution in [0.5, 0.6) is 17.2 Å². The van der Waals surface area contributed by atoms with E-state index in [0.717, 1.165) is 0 Å². The van der Waals surface area contributed by atoms with Crippen LogP contribution in [0.3, 0.4) is 0 Å². The molecular weight excluding hydrogens is 438 g/mol. The molecule has 1 amide bonds. The highest BCUT2D eigenvalue weighted by atomic mass is 32.2. The summed E-state index contributed by atoms with van der Waals surface area (Å²) in [5.74, 6) is 0.0338. The predicted molar refractivity (Wildman–Crippen MR) is 124 cm³/mol. The monoisotopic (exact) mass is 459 g/mol. The quantitative estimate of drug-likeness (QED) is 0.461. The molecule has 1 atom stereocenters. The van der Waals surface area contributed by atoms with E-state index < -0.39 is 12.1 Å². The average molecular weight is 460 g/mol. The molecule has 0 saturated carbocycles. The fraction of sp³-hybridized carbons (Fsp3) is 0.227. The minimum Gasteiger partial charge on any atom is -0.497 e. The number of rotatable bonds is 8. The second-order valence-electron chi connectivity index (χ2n) is 6.48. The number of methoxy groups -OCH3 is 2. The van der Waals surface area contributed by atoms with Crippen LogP contribution in [0.1, 0.15) is 18.9 Å². The van der Waals surface area contributed by atoms with Crippen molar-refractivity contribution < 1.29 is 28.9 Å². The first kappa shape index (κ1) is 22.6. The van der Waals surface area contributed by atoms with Gasteiger partial charge in [-0.15, -0.1) is 0 Å². The molecule has 2 aromatic carbocycles. The molecule has 0 bridgehead atoms. The summed E-state index contributed by atoms with van der Waals surface area (Å²) in [5, 5.41) is 9.21. The predicted octanol–water partition coefficient (Wildman–Crippen LogP) is 4.35. The number of nitrogens with zero attached hydrogens (tertiary/aromatic N) is 1. The van der Waals surface area contributed by atoms with Crippen LogP contribution in [0.4, 0.5) is 5.69 Å². The highest BCUT2D eigenvalue weighted by Crippen LogP contribution is 2.38. The molecular formula is C22H21NO6S2. The summed E-state index contributed by atoms with van der Waals surface area (Å²) < 4.78 is 16.5. The summed E-state index contributed by atoms with van der Waals surface area (Å²) in [6.45, 7) is 1.73. The number of carboxylic acids is 1. The summed E-state index contributed by atoms with van der Waals surface area (Å²) in [6, 6.07) is 12.2. The molecule has 1 aliphatic rings. The smallest absolute Gasteiger partial charge is 0.344 e. The van der Waals surface area contributed by atoms with Crippen LogP contribution < -0.4 is 19.1 Å². The van der Waals surface area contributed by atoms with E-state index in [1.54, 1.807) is 62.6 Å². The number of thiocarbonyl (C=S) groups is 1. The van der Waals surface area contributed by atoms with Crippen LogP contribution in [0.25, 0.3) is 6.08 Å². The molecule has 1 fully saturated rings. The molecule has 162 valence electrons. The van der Waals surface area contributed by atoms with Gasteiger partial charge in [0.05, 0.1) is 24.8 Å². The third-order valence-corrected chi connectivity index (χ3v) is 5.81. The number of thioether (sulfide) groups is 1. The molecule has 7 nitrogen and oxygen atoms in total. The Morgan fingerprint density at radius 1 is 1.19 bits per heavy atom. The van der Waals surface area contributed by atoms with Crippen molar-refractivity contribution in [1.82, 2.24) is 0 Å². The maximum Gasteiger partial charge on any atom is 0.344 e. The van der Waals surface area contributed by atoms with Crippen molar-refractivity contribution in [2.75, 3.05) is 19.1 Å². The Morgan fingerprint density at radius 2 is 1.97 bits per heavy atom. The lowest BCUT2D eigenvalue weighted by atomic mass is 10.1. The van der Waals surface area contributed by atoms with Crippen LogP contribution in [0.15, 0.2) is 47.4 Å². The van der Waals surface area contributed by atoms with Crippen molar-refractivity contribution in [1.29, 1.82) is 0 Å². The van der Waals surface area contributed by atoms with E-state index in [9.17, 15) is 14.7 Å². The Labute approximate surface area is 189 Å². The summed E-state index contributed by atoms with van der Waals surface area (Å²) in [5.41, 5.74) is 1.32. The van der Waals surface area contributed by atoms with E-state index in [-0.39, 0.29) is 5.91 Å².